The van der Waals surface area contributed by atoms with Crippen LogP contribution in [0.4, 0.5) is 0 Å². The van der Waals surface area contributed by atoms with Gasteiger partial charge in [-0.3, -0.25) is 4.79 Å². The van der Waals surface area contributed by atoms with Gasteiger partial charge in [0.2, 0.25) is 6.79 Å². The summed E-state index contributed by atoms with van der Waals surface area (Å²) in [7, 11) is 0. The second kappa shape index (κ2) is 4.95. The highest BCUT2D eigenvalue weighted by Gasteiger charge is 2.63. The lowest BCUT2D eigenvalue weighted by Gasteiger charge is -2.37. The summed E-state index contributed by atoms with van der Waals surface area (Å²) in [4.78, 5) is 30.3. The summed E-state index contributed by atoms with van der Waals surface area (Å²) in [6.07, 6.45) is 1.10. The standard InChI is InChI=1S/C17H14N2O5S/c20-15(19-6-9-4-17(19,5-9)16(21)22)11-7-25-14(18-11)10-1-2-12-13(3-10)24-8-23-12/h1-3,7,9H,4-6,8H2,(H,21,22). The number of aromatic nitrogens is 1. The molecule has 4 heterocycles. The molecule has 3 aliphatic heterocycles. The van der Waals surface area contributed by atoms with E-state index >= 15 is 0 Å². The number of carboxylic acid groups (broad SMARTS) is 1. The zero-order valence-electron chi connectivity index (χ0n) is 13.1. The molecule has 2 bridgehead atoms. The summed E-state index contributed by atoms with van der Waals surface area (Å²) in [6.45, 7) is 0.704. The predicted molar refractivity (Wildman–Crippen MR) is 87.8 cm³/mol. The van der Waals surface area contributed by atoms with Crippen molar-refractivity contribution in [3.63, 3.8) is 0 Å². The van der Waals surface area contributed by atoms with Gasteiger partial charge in [-0.25, -0.2) is 9.78 Å². The van der Waals surface area contributed by atoms with Crippen LogP contribution in [-0.4, -0.2) is 45.7 Å². The van der Waals surface area contributed by atoms with Gasteiger partial charge in [0.25, 0.3) is 5.91 Å². The van der Waals surface area contributed by atoms with Crippen LogP contribution in [-0.2, 0) is 4.79 Å². The summed E-state index contributed by atoms with van der Waals surface area (Å²) < 4.78 is 10.7. The minimum absolute atomic E-state index is 0.202. The maximum Gasteiger partial charge on any atom is 0.329 e. The third-order valence-electron chi connectivity index (χ3n) is 5.20. The number of carbonyl (C=O) groups is 2. The number of ether oxygens (including phenoxy) is 2. The summed E-state index contributed by atoms with van der Waals surface area (Å²) in [6, 6.07) is 5.52. The average molecular weight is 358 g/mol. The van der Waals surface area contributed by atoms with Crippen molar-refractivity contribution in [1.82, 2.24) is 9.88 Å². The molecule has 8 heteroatoms. The van der Waals surface area contributed by atoms with E-state index in [-0.39, 0.29) is 12.7 Å². The molecule has 1 N–H and O–H groups in total. The number of amides is 1. The zero-order chi connectivity index (χ0) is 17.2. The second-order valence-electron chi connectivity index (χ2n) is 6.63. The van der Waals surface area contributed by atoms with E-state index in [1.165, 1.54) is 16.2 Å². The molecular weight excluding hydrogens is 344 g/mol. The van der Waals surface area contributed by atoms with Gasteiger partial charge in [-0.15, -0.1) is 11.3 Å². The SMILES string of the molecule is O=C(c1csc(-c2ccc3c(c2)OCO3)n1)N1CC2CC1(C(=O)O)C2. The van der Waals surface area contributed by atoms with E-state index < -0.39 is 11.5 Å². The highest BCUT2D eigenvalue weighted by atomic mass is 32.1. The van der Waals surface area contributed by atoms with Gasteiger partial charge in [0.1, 0.15) is 16.2 Å². The highest BCUT2D eigenvalue weighted by Crippen LogP contribution is 2.51. The Labute approximate surface area is 146 Å². The van der Waals surface area contributed by atoms with Crippen molar-refractivity contribution in [2.45, 2.75) is 18.4 Å². The number of nitrogens with zero attached hydrogens (tertiary/aromatic N) is 2. The normalized spacial score (nSPS) is 25.8. The number of fused-ring (bicyclic) bond motifs is 2. The first-order chi connectivity index (χ1) is 12.1. The smallest absolute Gasteiger partial charge is 0.329 e. The fraction of sp³-hybridized carbons (Fsp3) is 0.353. The van der Waals surface area contributed by atoms with E-state index in [4.69, 9.17) is 9.47 Å². The maximum absolute atomic E-state index is 12.8. The Morgan fingerprint density at radius 1 is 1.28 bits per heavy atom. The van der Waals surface area contributed by atoms with Crippen molar-refractivity contribution in [2.75, 3.05) is 13.3 Å². The summed E-state index contributed by atoms with van der Waals surface area (Å²) in [5.41, 5.74) is 0.113. The molecule has 0 atom stereocenters. The maximum atomic E-state index is 12.8. The van der Waals surface area contributed by atoms with Gasteiger partial charge < -0.3 is 19.5 Å². The van der Waals surface area contributed by atoms with E-state index in [1.807, 2.05) is 18.2 Å². The second-order valence-corrected chi connectivity index (χ2v) is 7.49. The fourth-order valence-corrected chi connectivity index (χ4v) is 4.71. The van der Waals surface area contributed by atoms with Crippen molar-refractivity contribution in [3.05, 3.63) is 29.3 Å². The molecule has 0 unspecified atom stereocenters. The molecular formula is C17H14N2O5S. The highest BCUT2D eigenvalue weighted by molar-refractivity contribution is 7.13. The van der Waals surface area contributed by atoms with Crippen LogP contribution in [0.25, 0.3) is 10.6 Å². The minimum atomic E-state index is -1.02. The van der Waals surface area contributed by atoms with Crippen molar-refractivity contribution >= 4 is 23.2 Å². The van der Waals surface area contributed by atoms with Gasteiger partial charge in [0.15, 0.2) is 11.5 Å². The molecule has 1 aliphatic carbocycles. The Morgan fingerprint density at radius 2 is 2.08 bits per heavy atom. The van der Waals surface area contributed by atoms with Gasteiger partial charge in [-0.1, -0.05) is 0 Å². The molecule has 2 saturated heterocycles. The topological polar surface area (TPSA) is 89.0 Å². The molecule has 0 radical (unpaired) electrons. The Morgan fingerprint density at radius 3 is 2.88 bits per heavy atom. The number of carboxylic acids is 1. The third kappa shape index (κ3) is 2.00. The summed E-state index contributed by atoms with van der Waals surface area (Å²) in [5.74, 6) is 0.432. The first-order valence-electron chi connectivity index (χ1n) is 7.98. The number of rotatable bonds is 3. The fourth-order valence-electron chi connectivity index (χ4n) is 3.92. The first kappa shape index (κ1) is 14.7. The molecule has 1 saturated carbocycles. The monoisotopic (exact) mass is 358 g/mol. The molecule has 25 heavy (non-hydrogen) atoms. The van der Waals surface area contributed by atoms with E-state index in [9.17, 15) is 14.7 Å². The lowest BCUT2D eigenvalue weighted by molar-refractivity contribution is -0.151. The van der Waals surface area contributed by atoms with E-state index in [0.29, 0.717) is 47.5 Å². The lowest BCUT2D eigenvalue weighted by Crippen LogP contribution is -2.54. The van der Waals surface area contributed by atoms with E-state index in [1.54, 1.807) is 5.38 Å². The quantitative estimate of drug-likeness (QED) is 0.905. The number of aliphatic carboxylic acids is 1. The largest absolute Gasteiger partial charge is 0.479 e. The molecule has 4 aliphatic rings. The minimum Gasteiger partial charge on any atom is -0.479 e. The number of benzene rings is 1. The molecule has 0 spiro atoms. The Kier molecular flexibility index (Phi) is 2.91. The van der Waals surface area contributed by atoms with E-state index in [2.05, 4.69) is 4.98 Å². The molecule has 128 valence electrons. The van der Waals surface area contributed by atoms with Crippen LogP contribution in [0, 0.1) is 5.92 Å². The van der Waals surface area contributed by atoms with Crippen molar-refractivity contribution in [1.29, 1.82) is 0 Å². The lowest BCUT2D eigenvalue weighted by atomic mass is 9.73. The van der Waals surface area contributed by atoms with E-state index in [0.717, 1.165) is 5.56 Å². The predicted octanol–water partition coefficient (Wildman–Crippen LogP) is 2.23. The van der Waals surface area contributed by atoms with Crippen LogP contribution in [0.1, 0.15) is 23.3 Å². The van der Waals surface area contributed by atoms with Crippen molar-refractivity contribution in [3.8, 4) is 22.1 Å². The Hall–Kier alpha value is -2.61. The Bertz CT molecular complexity index is 902. The number of hydrogen-bond acceptors (Lipinski definition) is 6. The molecule has 7 nitrogen and oxygen atoms in total. The van der Waals surface area contributed by atoms with Gasteiger partial charge >= 0.3 is 5.97 Å². The summed E-state index contributed by atoms with van der Waals surface area (Å²) in [5, 5.41) is 11.9. The van der Waals surface area contributed by atoms with Crippen LogP contribution in [0.5, 0.6) is 11.5 Å². The van der Waals surface area contributed by atoms with Gasteiger partial charge in [0, 0.05) is 17.5 Å². The summed E-state index contributed by atoms with van der Waals surface area (Å²) >= 11 is 1.35. The average Bonchev–Trinajstić information content (AvgIpc) is 3.32. The first-order valence-corrected chi connectivity index (χ1v) is 8.86. The van der Waals surface area contributed by atoms with Crippen LogP contribution in [0.3, 0.4) is 0 Å². The van der Waals surface area contributed by atoms with Crippen LogP contribution >= 0.6 is 11.3 Å². The van der Waals surface area contributed by atoms with Gasteiger partial charge in [0.05, 0.1) is 0 Å². The van der Waals surface area contributed by atoms with Crippen LogP contribution in [0.2, 0.25) is 0 Å². The molecule has 3 fully saturated rings. The van der Waals surface area contributed by atoms with Crippen molar-refractivity contribution in [2.24, 2.45) is 5.92 Å². The van der Waals surface area contributed by atoms with Gasteiger partial charge in [-0.2, -0.15) is 0 Å². The number of carbonyl (C=O) groups excluding carboxylic acids is 1. The van der Waals surface area contributed by atoms with Crippen molar-refractivity contribution < 1.29 is 24.2 Å². The third-order valence-corrected chi connectivity index (χ3v) is 6.09. The van der Waals surface area contributed by atoms with Crippen LogP contribution < -0.4 is 9.47 Å². The Balaban J connectivity index is 1.43. The molecule has 1 aromatic heterocycles. The zero-order valence-corrected chi connectivity index (χ0v) is 13.9. The van der Waals surface area contributed by atoms with Gasteiger partial charge in [-0.05, 0) is 37.0 Å². The molecule has 6 rings (SSSR count). The molecule has 2 aromatic rings. The number of hydrogen-bond donors (Lipinski definition) is 1. The number of thiazole rings is 1. The molecule has 1 amide bonds. The van der Waals surface area contributed by atoms with Crippen LogP contribution in [0.15, 0.2) is 23.6 Å². The molecule has 1 aromatic carbocycles.